The Hall–Kier alpha value is -0.0631. The molecule has 0 saturated heterocycles. The Morgan fingerprint density at radius 3 is 1.88 bits per heavy atom. The maximum Gasteiger partial charge on any atom is 0.201 e. The van der Waals surface area contributed by atoms with Crippen LogP contribution in [0.4, 0.5) is 0 Å². The van der Waals surface area contributed by atoms with Crippen LogP contribution in [0.15, 0.2) is 0 Å². The molecule has 0 heterocycles. The molecular weight excluding hydrogens is 228 g/mol. The zero-order valence-electron chi connectivity index (χ0n) is 10.6. The van der Waals surface area contributed by atoms with E-state index in [9.17, 15) is 0 Å². The summed E-state index contributed by atoms with van der Waals surface area (Å²) in [5.74, 6) is -0.793. The first kappa shape index (κ1) is 15.9. The fourth-order valence-corrected chi connectivity index (χ4v) is 2.43. The van der Waals surface area contributed by atoms with Crippen molar-refractivity contribution in [3.63, 3.8) is 0 Å². The summed E-state index contributed by atoms with van der Waals surface area (Å²) in [7, 11) is 4.35. The summed E-state index contributed by atoms with van der Waals surface area (Å²) in [5.41, 5.74) is 8.29. The lowest BCUT2D eigenvalue weighted by Gasteiger charge is -2.33. The second-order valence-electron chi connectivity index (χ2n) is 3.35. The summed E-state index contributed by atoms with van der Waals surface area (Å²) in [4.78, 5) is 18.1. The average Bonchev–Trinajstić information content (AvgIpc) is 2.26. The van der Waals surface area contributed by atoms with Gasteiger partial charge in [-0.15, -0.1) is 0 Å². The molecule has 16 heavy (non-hydrogen) atoms. The van der Waals surface area contributed by atoms with E-state index in [0.717, 1.165) is 0 Å². The first-order chi connectivity index (χ1) is 7.74. The smallest absolute Gasteiger partial charge is 0.201 e. The molecule has 0 amide bonds. The van der Waals surface area contributed by atoms with Crippen LogP contribution in [0.5, 0.6) is 0 Å². The predicted molar refractivity (Wildman–Crippen MR) is 64.8 cm³/mol. The molecule has 0 aromatic rings. The number of hydrogen-bond acceptors (Lipinski definition) is 7. The highest BCUT2D eigenvalue weighted by Crippen LogP contribution is 1.94. The summed E-state index contributed by atoms with van der Waals surface area (Å²) in [6.45, 7) is 2.77. The molecule has 0 fully saturated rings. The first-order valence-electron chi connectivity index (χ1n) is 5.35. The average molecular weight is 252 g/mol. The minimum absolute atomic E-state index is 0.256. The zero-order valence-corrected chi connectivity index (χ0v) is 12.0. The molecule has 0 aromatic heterocycles. The van der Waals surface area contributed by atoms with Gasteiger partial charge in [0, 0.05) is 6.54 Å². The second-order valence-corrected chi connectivity index (χ2v) is 5.06. The van der Waals surface area contributed by atoms with E-state index in [-0.39, 0.29) is 9.68 Å². The van der Waals surface area contributed by atoms with Gasteiger partial charge >= 0.3 is 0 Å². The molecule has 7 nitrogen and oxygen atoms in total. The zero-order chi connectivity index (χ0) is 12.3. The SMILES string of the molecule is CCC[SiH2]NCC(NOC)(NOC)NOC. The van der Waals surface area contributed by atoms with Crippen molar-refractivity contribution in [2.24, 2.45) is 0 Å². The van der Waals surface area contributed by atoms with E-state index < -0.39 is 5.79 Å². The molecule has 0 unspecified atom stereocenters. The fourth-order valence-electron chi connectivity index (χ4n) is 1.27. The van der Waals surface area contributed by atoms with Crippen molar-refractivity contribution in [2.45, 2.75) is 25.2 Å². The highest BCUT2D eigenvalue weighted by molar-refractivity contribution is 6.32. The van der Waals surface area contributed by atoms with Crippen LogP contribution in [-0.2, 0) is 14.5 Å². The van der Waals surface area contributed by atoms with E-state index in [1.807, 2.05) is 0 Å². The van der Waals surface area contributed by atoms with E-state index in [1.54, 1.807) is 0 Å². The van der Waals surface area contributed by atoms with Crippen LogP contribution < -0.4 is 21.4 Å². The molecule has 4 N–H and O–H groups in total. The molecule has 98 valence electrons. The molecule has 0 aromatic carbocycles. The van der Waals surface area contributed by atoms with Gasteiger partial charge in [-0.25, -0.2) is 0 Å². The number of hydrogen-bond donors (Lipinski definition) is 4. The maximum absolute atomic E-state index is 4.91. The Morgan fingerprint density at radius 2 is 1.50 bits per heavy atom. The normalized spacial score (nSPS) is 12.8. The molecule has 0 radical (unpaired) electrons. The van der Waals surface area contributed by atoms with Gasteiger partial charge in [0.15, 0.2) is 0 Å². The van der Waals surface area contributed by atoms with E-state index in [0.29, 0.717) is 6.54 Å². The number of nitrogens with one attached hydrogen (secondary N) is 4. The van der Waals surface area contributed by atoms with Crippen molar-refractivity contribution in [2.75, 3.05) is 27.9 Å². The van der Waals surface area contributed by atoms with Crippen LogP contribution in [-0.4, -0.2) is 43.3 Å². The van der Waals surface area contributed by atoms with Gasteiger partial charge in [-0.05, 0) is 0 Å². The minimum Gasteiger partial charge on any atom is -0.338 e. The number of hydroxylamine groups is 3. The van der Waals surface area contributed by atoms with Gasteiger partial charge in [0.05, 0.1) is 31.0 Å². The topological polar surface area (TPSA) is 75.8 Å². The van der Waals surface area contributed by atoms with Gasteiger partial charge in [-0.3, -0.25) is 0 Å². The third kappa shape index (κ3) is 6.50. The summed E-state index contributed by atoms with van der Waals surface area (Å²) >= 11 is 0. The standard InChI is InChI=1S/C8H24N4O3Si/c1-5-6-16-9-7-8(10-13-2,11-14-3)12-15-4/h9-12H,5-7,16H2,1-4H3. The summed E-state index contributed by atoms with van der Waals surface area (Å²) in [6.07, 6.45) is 1.21. The molecule has 0 atom stereocenters. The van der Waals surface area contributed by atoms with Gasteiger partial charge < -0.3 is 19.5 Å². The van der Waals surface area contributed by atoms with E-state index in [4.69, 9.17) is 14.5 Å². The molecule has 0 saturated carbocycles. The molecule has 0 spiro atoms. The lowest BCUT2D eigenvalue weighted by molar-refractivity contribution is -0.154. The van der Waals surface area contributed by atoms with Crippen molar-refractivity contribution < 1.29 is 14.5 Å². The van der Waals surface area contributed by atoms with Crippen LogP contribution in [0, 0.1) is 0 Å². The Balaban J connectivity index is 4.12. The highest BCUT2D eigenvalue weighted by atomic mass is 28.2. The molecule has 0 bridgehead atoms. The Labute approximate surface area is 99.4 Å². The highest BCUT2D eigenvalue weighted by Gasteiger charge is 2.29. The van der Waals surface area contributed by atoms with Crippen molar-refractivity contribution in [3.8, 4) is 0 Å². The van der Waals surface area contributed by atoms with Gasteiger partial charge in [0.2, 0.25) is 5.79 Å². The van der Waals surface area contributed by atoms with Crippen LogP contribution in [0.3, 0.4) is 0 Å². The summed E-state index contributed by atoms with van der Waals surface area (Å²) in [6, 6.07) is 1.25. The van der Waals surface area contributed by atoms with Gasteiger partial charge in [0.1, 0.15) is 0 Å². The molecule has 0 rings (SSSR count). The van der Waals surface area contributed by atoms with Crippen molar-refractivity contribution in [1.29, 1.82) is 0 Å². The Bertz CT molecular complexity index is 147. The Kier molecular flexibility index (Phi) is 10.1. The quantitative estimate of drug-likeness (QED) is 0.156. The third-order valence-corrected chi connectivity index (χ3v) is 3.59. The van der Waals surface area contributed by atoms with Crippen molar-refractivity contribution in [1.82, 2.24) is 21.4 Å². The van der Waals surface area contributed by atoms with Gasteiger partial charge in [0.25, 0.3) is 0 Å². The Morgan fingerprint density at radius 1 is 1.00 bits per heavy atom. The molecule has 0 aliphatic heterocycles. The maximum atomic E-state index is 4.91. The minimum atomic E-state index is -0.793. The lowest BCUT2D eigenvalue weighted by atomic mass is 10.4. The summed E-state index contributed by atoms with van der Waals surface area (Å²) in [5, 5.41) is 0. The van der Waals surface area contributed by atoms with E-state index in [2.05, 4.69) is 28.3 Å². The fraction of sp³-hybridized carbons (Fsp3) is 1.00. The van der Waals surface area contributed by atoms with Crippen LogP contribution in [0.25, 0.3) is 0 Å². The molecular formula is C8H24N4O3Si. The van der Waals surface area contributed by atoms with Gasteiger partial charge in [-0.2, -0.15) is 16.4 Å². The van der Waals surface area contributed by atoms with E-state index in [1.165, 1.54) is 33.8 Å². The lowest BCUT2D eigenvalue weighted by Crippen LogP contribution is -2.70. The molecule has 0 aliphatic rings. The molecule has 0 aliphatic carbocycles. The second kappa shape index (κ2) is 10.1. The molecule has 8 heteroatoms. The largest absolute Gasteiger partial charge is 0.338 e. The number of rotatable bonds is 11. The third-order valence-electron chi connectivity index (χ3n) is 1.93. The van der Waals surface area contributed by atoms with Crippen LogP contribution >= 0.6 is 0 Å². The van der Waals surface area contributed by atoms with Crippen LogP contribution in [0.1, 0.15) is 13.3 Å². The van der Waals surface area contributed by atoms with Crippen molar-refractivity contribution in [3.05, 3.63) is 0 Å². The predicted octanol–water partition coefficient (Wildman–Crippen LogP) is -1.41. The van der Waals surface area contributed by atoms with Crippen LogP contribution in [0.2, 0.25) is 6.04 Å². The van der Waals surface area contributed by atoms with Gasteiger partial charge in [-0.1, -0.05) is 19.4 Å². The summed E-state index contributed by atoms with van der Waals surface area (Å²) < 4.78 is 0. The first-order valence-corrected chi connectivity index (χ1v) is 7.06. The van der Waals surface area contributed by atoms with E-state index >= 15 is 0 Å². The monoisotopic (exact) mass is 252 g/mol. The van der Waals surface area contributed by atoms with Crippen molar-refractivity contribution >= 4 is 9.68 Å².